The van der Waals surface area contributed by atoms with Crippen LogP contribution in [0.5, 0.6) is 0 Å². The molecule has 2 aliphatic heterocycles. The smallest absolute Gasteiger partial charge is 0.205 e. The Kier molecular flexibility index (Phi) is 7.75. The summed E-state index contributed by atoms with van der Waals surface area (Å²) in [5.74, 6) is 2.38. The summed E-state index contributed by atoms with van der Waals surface area (Å²) >= 11 is 1.51. The molecule has 2 saturated heterocycles. The number of aromatic nitrogens is 2. The Morgan fingerprint density at radius 2 is 2.00 bits per heavy atom. The predicted molar refractivity (Wildman–Crippen MR) is 127 cm³/mol. The molecule has 2 aliphatic rings. The van der Waals surface area contributed by atoms with Crippen LogP contribution in [0.4, 0.5) is 5.13 Å². The Labute approximate surface area is 189 Å². The molecule has 3 heterocycles. The Morgan fingerprint density at radius 1 is 1.19 bits per heavy atom. The molecular weight excluding hydrogens is 408 g/mol. The number of nitrogens with one attached hydrogen (secondary N) is 1. The van der Waals surface area contributed by atoms with E-state index in [1.165, 1.54) is 17.1 Å². The summed E-state index contributed by atoms with van der Waals surface area (Å²) < 4.78 is 10.6. The highest BCUT2D eigenvalue weighted by atomic mass is 32.1. The van der Waals surface area contributed by atoms with Crippen molar-refractivity contribution in [1.82, 2.24) is 19.6 Å². The number of hydrogen-bond acceptors (Lipinski definition) is 6. The molecule has 0 amide bonds. The Morgan fingerprint density at radius 3 is 2.71 bits per heavy atom. The summed E-state index contributed by atoms with van der Waals surface area (Å²) in [7, 11) is 0. The minimum Gasteiger partial charge on any atom is -0.373 e. The lowest BCUT2D eigenvalue weighted by Crippen LogP contribution is -2.52. The number of piperazine rings is 1. The van der Waals surface area contributed by atoms with E-state index in [-0.39, 0.29) is 6.10 Å². The number of hydrogen-bond donors (Lipinski definition) is 1. The first-order valence-corrected chi connectivity index (χ1v) is 12.3. The van der Waals surface area contributed by atoms with Gasteiger partial charge in [0.2, 0.25) is 5.13 Å². The zero-order valence-corrected chi connectivity index (χ0v) is 19.5. The first-order valence-electron chi connectivity index (χ1n) is 11.6. The normalized spacial score (nSPS) is 22.6. The summed E-state index contributed by atoms with van der Waals surface area (Å²) in [5, 5.41) is 4.55. The molecule has 1 aromatic heterocycles. The predicted octanol–water partition coefficient (Wildman–Crippen LogP) is 3.36. The van der Waals surface area contributed by atoms with Crippen LogP contribution in [-0.2, 0) is 11.2 Å². The monoisotopic (exact) mass is 442 g/mol. The van der Waals surface area contributed by atoms with Crippen LogP contribution in [0.3, 0.4) is 0 Å². The van der Waals surface area contributed by atoms with Gasteiger partial charge in [-0.1, -0.05) is 37.3 Å². The van der Waals surface area contributed by atoms with Crippen LogP contribution in [0, 0.1) is 5.92 Å². The average molecular weight is 443 g/mol. The standard InChI is InChI=1S/C23H34N6OS/c1-3-20-26-23(31-27-20)29-14-12-28(13-15-29)22(24-4-2)25-17-19-11-8-16-30-21(19)18-9-6-5-7-10-18/h5-7,9-10,19,21H,3-4,8,11-17H2,1-2H3,(H,24,25). The van der Waals surface area contributed by atoms with Gasteiger partial charge in [-0.3, -0.25) is 4.99 Å². The van der Waals surface area contributed by atoms with Crippen LogP contribution in [0.2, 0.25) is 0 Å². The number of nitrogens with zero attached hydrogens (tertiary/aromatic N) is 5. The van der Waals surface area contributed by atoms with Gasteiger partial charge < -0.3 is 19.9 Å². The van der Waals surface area contributed by atoms with Crippen molar-refractivity contribution in [3.05, 3.63) is 41.7 Å². The average Bonchev–Trinajstić information content (AvgIpc) is 3.32. The van der Waals surface area contributed by atoms with E-state index in [0.29, 0.717) is 5.92 Å². The fraction of sp³-hybridized carbons (Fsp3) is 0.609. The minimum absolute atomic E-state index is 0.142. The number of benzene rings is 1. The van der Waals surface area contributed by atoms with Crippen molar-refractivity contribution >= 4 is 22.6 Å². The molecule has 2 fully saturated rings. The molecule has 2 atom stereocenters. The largest absolute Gasteiger partial charge is 0.373 e. The van der Waals surface area contributed by atoms with Crippen molar-refractivity contribution in [3.63, 3.8) is 0 Å². The minimum atomic E-state index is 0.142. The molecule has 168 valence electrons. The molecule has 2 unspecified atom stereocenters. The SMILES string of the molecule is CCNC(=NCC1CCCOC1c1ccccc1)N1CCN(c2nc(CC)ns2)CC1. The molecule has 8 heteroatoms. The van der Waals surface area contributed by atoms with Crippen LogP contribution in [-0.4, -0.2) is 66.1 Å². The van der Waals surface area contributed by atoms with Crippen LogP contribution >= 0.6 is 11.5 Å². The highest BCUT2D eigenvalue weighted by Crippen LogP contribution is 2.33. The van der Waals surface area contributed by atoms with E-state index in [4.69, 9.17) is 9.73 Å². The Balaban J connectivity index is 1.39. The highest BCUT2D eigenvalue weighted by molar-refractivity contribution is 7.09. The molecule has 1 N–H and O–H groups in total. The number of guanidine groups is 1. The lowest BCUT2D eigenvalue weighted by molar-refractivity contribution is -0.0250. The van der Waals surface area contributed by atoms with E-state index in [1.54, 1.807) is 0 Å². The van der Waals surface area contributed by atoms with E-state index in [9.17, 15) is 0 Å². The molecule has 2 aromatic rings. The second-order valence-electron chi connectivity index (χ2n) is 8.12. The van der Waals surface area contributed by atoms with Gasteiger partial charge in [-0.05, 0) is 25.3 Å². The Hall–Kier alpha value is -2.19. The first-order chi connectivity index (χ1) is 15.3. The fourth-order valence-corrected chi connectivity index (χ4v) is 5.10. The lowest BCUT2D eigenvalue weighted by Gasteiger charge is -2.37. The summed E-state index contributed by atoms with van der Waals surface area (Å²) in [6.45, 7) is 10.5. The number of rotatable bonds is 6. The zero-order valence-electron chi connectivity index (χ0n) is 18.7. The first kappa shape index (κ1) is 22.0. The third-order valence-corrected chi connectivity index (χ3v) is 6.82. The van der Waals surface area contributed by atoms with Gasteiger partial charge in [-0.15, -0.1) is 0 Å². The topological polar surface area (TPSA) is 65.9 Å². The van der Waals surface area contributed by atoms with Crippen molar-refractivity contribution in [2.75, 3.05) is 50.8 Å². The van der Waals surface area contributed by atoms with Crippen LogP contribution in [0.25, 0.3) is 0 Å². The molecule has 0 bridgehead atoms. The molecule has 0 aliphatic carbocycles. The molecule has 1 aromatic carbocycles. The van der Waals surface area contributed by atoms with E-state index < -0.39 is 0 Å². The van der Waals surface area contributed by atoms with Crippen molar-refractivity contribution in [2.45, 2.75) is 39.2 Å². The van der Waals surface area contributed by atoms with Crippen LogP contribution in [0.1, 0.15) is 44.2 Å². The second-order valence-corrected chi connectivity index (χ2v) is 8.85. The Bertz CT molecular complexity index is 834. The maximum atomic E-state index is 6.17. The molecular formula is C23H34N6OS. The van der Waals surface area contributed by atoms with Gasteiger partial charge in [0.05, 0.1) is 6.10 Å². The summed E-state index contributed by atoms with van der Waals surface area (Å²) in [4.78, 5) is 14.4. The molecule has 0 spiro atoms. The van der Waals surface area contributed by atoms with E-state index >= 15 is 0 Å². The molecule has 4 rings (SSSR count). The number of ether oxygens (including phenoxy) is 1. The summed E-state index contributed by atoms with van der Waals surface area (Å²) in [6.07, 6.45) is 3.30. The van der Waals surface area contributed by atoms with Gasteiger partial charge in [0, 0.05) is 69.7 Å². The van der Waals surface area contributed by atoms with Gasteiger partial charge in [0.1, 0.15) is 5.82 Å². The van der Waals surface area contributed by atoms with E-state index in [2.05, 4.69) is 68.7 Å². The maximum Gasteiger partial charge on any atom is 0.205 e. The maximum absolute atomic E-state index is 6.17. The van der Waals surface area contributed by atoms with Crippen LogP contribution < -0.4 is 10.2 Å². The van der Waals surface area contributed by atoms with Gasteiger partial charge in [0.25, 0.3) is 0 Å². The van der Waals surface area contributed by atoms with E-state index in [0.717, 1.165) is 82.1 Å². The van der Waals surface area contributed by atoms with Crippen molar-refractivity contribution < 1.29 is 4.74 Å². The molecule has 0 saturated carbocycles. The van der Waals surface area contributed by atoms with Gasteiger partial charge in [-0.25, -0.2) is 4.98 Å². The third-order valence-electron chi connectivity index (χ3n) is 6.01. The second kappa shape index (κ2) is 10.9. The molecule has 7 nitrogen and oxygen atoms in total. The van der Waals surface area contributed by atoms with Gasteiger partial charge in [0.15, 0.2) is 5.96 Å². The zero-order chi connectivity index (χ0) is 21.5. The summed E-state index contributed by atoms with van der Waals surface area (Å²) in [6, 6.07) is 10.6. The fourth-order valence-electron chi connectivity index (χ4n) is 4.30. The van der Waals surface area contributed by atoms with Crippen molar-refractivity contribution in [1.29, 1.82) is 0 Å². The highest BCUT2D eigenvalue weighted by Gasteiger charge is 2.28. The summed E-state index contributed by atoms with van der Waals surface area (Å²) in [5.41, 5.74) is 1.27. The van der Waals surface area contributed by atoms with E-state index in [1.807, 2.05) is 0 Å². The van der Waals surface area contributed by atoms with Crippen molar-refractivity contribution in [2.24, 2.45) is 10.9 Å². The van der Waals surface area contributed by atoms with Crippen LogP contribution in [0.15, 0.2) is 35.3 Å². The number of aryl methyl sites for hydroxylation is 1. The van der Waals surface area contributed by atoms with Gasteiger partial charge in [-0.2, -0.15) is 4.37 Å². The third kappa shape index (κ3) is 5.54. The molecule has 31 heavy (non-hydrogen) atoms. The quantitative estimate of drug-likeness (QED) is 0.547. The number of aliphatic imine (C=N–C) groups is 1. The van der Waals surface area contributed by atoms with Crippen molar-refractivity contribution in [3.8, 4) is 0 Å². The van der Waals surface area contributed by atoms with Gasteiger partial charge >= 0.3 is 0 Å². The number of anilines is 1. The lowest BCUT2D eigenvalue weighted by atomic mass is 9.89. The molecule has 0 radical (unpaired) electrons.